The second-order valence-electron chi connectivity index (χ2n) is 4.41. The van der Waals surface area contributed by atoms with Crippen molar-refractivity contribution in [3.05, 3.63) is 42.0 Å². The molecule has 0 fully saturated rings. The number of aryl methyl sites for hydroxylation is 1. The molecular formula is C14H20N4O. The van der Waals surface area contributed by atoms with Crippen molar-refractivity contribution in [2.24, 2.45) is 7.05 Å². The monoisotopic (exact) mass is 260 g/mol. The fourth-order valence-corrected chi connectivity index (χ4v) is 1.71. The Labute approximate surface area is 113 Å². The molecule has 0 spiro atoms. The van der Waals surface area contributed by atoms with E-state index in [1.165, 1.54) is 0 Å². The van der Waals surface area contributed by atoms with Gasteiger partial charge in [-0.25, -0.2) is 0 Å². The van der Waals surface area contributed by atoms with Gasteiger partial charge in [0.15, 0.2) is 0 Å². The summed E-state index contributed by atoms with van der Waals surface area (Å²) in [4.78, 5) is 0. The van der Waals surface area contributed by atoms with Crippen LogP contribution in [-0.4, -0.2) is 27.9 Å². The number of hydrogen-bond acceptors (Lipinski definition) is 4. The van der Waals surface area contributed by atoms with Crippen LogP contribution in [0.5, 0.6) is 5.75 Å². The minimum Gasteiger partial charge on any atom is -0.494 e. The number of hydrogen-bond donors (Lipinski definition) is 1. The molecule has 1 aromatic heterocycles. The van der Waals surface area contributed by atoms with Crippen LogP contribution in [0.15, 0.2) is 30.3 Å². The molecule has 0 aliphatic heterocycles. The Hall–Kier alpha value is -1.88. The Bertz CT molecular complexity index is 495. The van der Waals surface area contributed by atoms with E-state index in [0.29, 0.717) is 0 Å². The van der Waals surface area contributed by atoms with Gasteiger partial charge in [-0.3, -0.25) is 0 Å². The highest BCUT2D eigenvalue weighted by Crippen LogP contribution is 2.08. The Morgan fingerprint density at radius 3 is 2.68 bits per heavy atom. The van der Waals surface area contributed by atoms with Gasteiger partial charge in [-0.15, -0.1) is 10.2 Å². The molecule has 1 N–H and O–H groups in total. The molecule has 0 atom stereocenters. The fourth-order valence-electron chi connectivity index (χ4n) is 1.71. The predicted molar refractivity (Wildman–Crippen MR) is 74.0 cm³/mol. The molecule has 0 saturated carbocycles. The molecular weight excluding hydrogens is 240 g/mol. The first-order valence-electron chi connectivity index (χ1n) is 6.51. The van der Waals surface area contributed by atoms with E-state index in [1.807, 2.05) is 48.9 Å². The van der Waals surface area contributed by atoms with Gasteiger partial charge in [0.1, 0.15) is 17.4 Å². The van der Waals surface area contributed by atoms with Crippen LogP contribution in [-0.2, 0) is 13.6 Å². The van der Waals surface area contributed by atoms with Gasteiger partial charge in [0.25, 0.3) is 0 Å². The molecule has 0 amide bonds. The Morgan fingerprint density at radius 2 is 2.00 bits per heavy atom. The zero-order chi connectivity index (χ0) is 13.5. The third-order valence-corrected chi connectivity index (χ3v) is 2.98. The summed E-state index contributed by atoms with van der Waals surface area (Å²) in [6.07, 6.45) is 0.964. The van der Waals surface area contributed by atoms with E-state index in [4.69, 9.17) is 4.74 Å². The van der Waals surface area contributed by atoms with Crippen LogP contribution in [0.2, 0.25) is 0 Å². The van der Waals surface area contributed by atoms with Crippen LogP contribution < -0.4 is 10.1 Å². The number of rotatable bonds is 7. The largest absolute Gasteiger partial charge is 0.494 e. The summed E-state index contributed by atoms with van der Waals surface area (Å²) in [5.74, 6) is 2.82. The van der Waals surface area contributed by atoms with E-state index in [2.05, 4.69) is 15.5 Å². The van der Waals surface area contributed by atoms with Gasteiger partial charge in [-0.2, -0.15) is 0 Å². The van der Waals surface area contributed by atoms with Crippen molar-refractivity contribution in [1.29, 1.82) is 0 Å². The molecule has 2 aromatic rings. The first-order valence-corrected chi connectivity index (χ1v) is 6.51. The van der Waals surface area contributed by atoms with Crippen molar-refractivity contribution in [3.63, 3.8) is 0 Å². The molecule has 0 saturated heterocycles. The van der Waals surface area contributed by atoms with Crippen LogP contribution in [0.3, 0.4) is 0 Å². The van der Waals surface area contributed by atoms with Gasteiger partial charge in [0.05, 0.1) is 13.2 Å². The van der Waals surface area contributed by atoms with Gasteiger partial charge in [0, 0.05) is 7.05 Å². The lowest BCUT2D eigenvalue weighted by molar-refractivity contribution is 0.307. The maximum Gasteiger partial charge on any atom is 0.146 e. The van der Waals surface area contributed by atoms with Gasteiger partial charge in [-0.1, -0.05) is 18.2 Å². The SMILES string of the molecule is Cc1nnc(CNCCCOc2ccccc2)n1C. The standard InChI is InChI=1S/C14H20N4O/c1-12-16-17-14(18(12)2)11-15-9-6-10-19-13-7-4-3-5-8-13/h3-5,7-8,15H,6,9-11H2,1-2H3. The van der Waals surface area contributed by atoms with E-state index in [9.17, 15) is 0 Å². The average Bonchev–Trinajstić information content (AvgIpc) is 2.75. The lowest BCUT2D eigenvalue weighted by atomic mass is 10.3. The summed E-state index contributed by atoms with van der Waals surface area (Å²) in [6, 6.07) is 9.87. The molecule has 0 bridgehead atoms. The second-order valence-corrected chi connectivity index (χ2v) is 4.41. The normalized spacial score (nSPS) is 10.6. The summed E-state index contributed by atoms with van der Waals surface area (Å²) in [6.45, 7) is 4.31. The third kappa shape index (κ3) is 4.06. The first kappa shape index (κ1) is 13.5. The highest BCUT2D eigenvalue weighted by molar-refractivity contribution is 5.20. The van der Waals surface area contributed by atoms with E-state index >= 15 is 0 Å². The highest BCUT2D eigenvalue weighted by atomic mass is 16.5. The van der Waals surface area contributed by atoms with Crippen molar-refractivity contribution in [2.75, 3.05) is 13.2 Å². The van der Waals surface area contributed by atoms with Gasteiger partial charge in [0.2, 0.25) is 0 Å². The maximum absolute atomic E-state index is 5.61. The zero-order valence-electron chi connectivity index (χ0n) is 11.5. The smallest absolute Gasteiger partial charge is 0.146 e. The molecule has 0 radical (unpaired) electrons. The summed E-state index contributed by atoms with van der Waals surface area (Å²) >= 11 is 0. The van der Waals surface area contributed by atoms with Crippen LogP contribution in [0.1, 0.15) is 18.1 Å². The molecule has 1 aromatic carbocycles. The number of ether oxygens (including phenoxy) is 1. The van der Waals surface area contributed by atoms with Crippen molar-refractivity contribution in [2.45, 2.75) is 19.9 Å². The molecule has 0 unspecified atom stereocenters. The van der Waals surface area contributed by atoms with Crippen LogP contribution in [0.4, 0.5) is 0 Å². The summed E-state index contributed by atoms with van der Waals surface area (Å²) in [7, 11) is 1.98. The topological polar surface area (TPSA) is 52.0 Å². The molecule has 5 heteroatoms. The second kappa shape index (κ2) is 6.89. The van der Waals surface area contributed by atoms with E-state index in [0.717, 1.165) is 43.5 Å². The van der Waals surface area contributed by atoms with Crippen LogP contribution in [0.25, 0.3) is 0 Å². The number of para-hydroxylation sites is 1. The molecule has 0 aliphatic rings. The Morgan fingerprint density at radius 1 is 1.21 bits per heavy atom. The molecule has 1 heterocycles. The predicted octanol–water partition coefficient (Wildman–Crippen LogP) is 1.68. The Kier molecular flexibility index (Phi) is 4.92. The number of aromatic nitrogens is 3. The van der Waals surface area contributed by atoms with Crippen molar-refractivity contribution in [1.82, 2.24) is 20.1 Å². The molecule has 5 nitrogen and oxygen atoms in total. The van der Waals surface area contributed by atoms with E-state index in [1.54, 1.807) is 0 Å². The quantitative estimate of drug-likeness (QED) is 0.770. The maximum atomic E-state index is 5.61. The van der Waals surface area contributed by atoms with E-state index < -0.39 is 0 Å². The van der Waals surface area contributed by atoms with E-state index in [-0.39, 0.29) is 0 Å². The number of benzene rings is 1. The molecule has 0 aliphatic carbocycles. The van der Waals surface area contributed by atoms with Gasteiger partial charge in [-0.05, 0) is 32.0 Å². The third-order valence-electron chi connectivity index (χ3n) is 2.98. The Balaban J connectivity index is 1.59. The van der Waals surface area contributed by atoms with Crippen LogP contribution >= 0.6 is 0 Å². The van der Waals surface area contributed by atoms with Crippen LogP contribution in [0, 0.1) is 6.92 Å². The molecule has 102 valence electrons. The first-order chi connectivity index (χ1) is 9.27. The average molecular weight is 260 g/mol. The van der Waals surface area contributed by atoms with Gasteiger partial charge < -0.3 is 14.6 Å². The molecule has 19 heavy (non-hydrogen) atoms. The van der Waals surface area contributed by atoms with Crippen molar-refractivity contribution >= 4 is 0 Å². The fraction of sp³-hybridized carbons (Fsp3) is 0.429. The number of nitrogens with zero attached hydrogens (tertiary/aromatic N) is 3. The van der Waals surface area contributed by atoms with Crippen molar-refractivity contribution in [3.8, 4) is 5.75 Å². The highest BCUT2D eigenvalue weighted by Gasteiger charge is 2.03. The number of nitrogens with one attached hydrogen (secondary N) is 1. The summed E-state index contributed by atoms with van der Waals surface area (Å²) < 4.78 is 7.61. The molecule has 2 rings (SSSR count). The zero-order valence-corrected chi connectivity index (χ0v) is 11.5. The minimum absolute atomic E-state index is 0.717. The van der Waals surface area contributed by atoms with Gasteiger partial charge >= 0.3 is 0 Å². The van der Waals surface area contributed by atoms with Crippen molar-refractivity contribution < 1.29 is 4.74 Å². The summed E-state index contributed by atoms with van der Waals surface area (Å²) in [5, 5.41) is 11.5. The lowest BCUT2D eigenvalue weighted by Crippen LogP contribution is -2.19. The lowest BCUT2D eigenvalue weighted by Gasteiger charge is -2.07. The summed E-state index contributed by atoms with van der Waals surface area (Å²) in [5.41, 5.74) is 0. The minimum atomic E-state index is 0.717.